The Bertz CT molecular complexity index is 537. The molecule has 3 atom stereocenters. The number of aliphatic carboxylic acids is 1. The van der Waals surface area contributed by atoms with Gasteiger partial charge in [0.15, 0.2) is 5.78 Å². The first-order valence-electron chi connectivity index (χ1n) is 6.81. The number of hydrogen-bond donors (Lipinski definition) is 3. The highest BCUT2D eigenvalue weighted by Crippen LogP contribution is 2.30. The molecule has 0 aliphatic carbocycles. The van der Waals surface area contributed by atoms with Crippen LogP contribution >= 0.6 is 0 Å². The summed E-state index contributed by atoms with van der Waals surface area (Å²) >= 11 is 0. The Morgan fingerprint density at radius 2 is 1.95 bits per heavy atom. The van der Waals surface area contributed by atoms with Crippen molar-refractivity contribution in [2.24, 2.45) is 11.7 Å². The van der Waals surface area contributed by atoms with Gasteiger partial charge in [0.1, 0.15) is 11.7 Å². The van der Waals surface area contributed by atoms with Crippen LogP contribution in [-0.2, 0) is 9.59 Å². The van der Waals surface area contributed by atoms with E-state index in [1.807, 2.05) is 0 Å². The Morgan fingerprint density at radius 3 is 2.33 bits per heavy atom. The third-order valence-electron chi connectivity index (χ3n) is 4.09. The Morgan fingerprint density at radius 1 is 1.38 bits per heavy atom. The largest absolute Gasteiger partial charge is 0.497 e. The summed E-state index contributed by atoms with van der Waals surface area (Å²) in [6, 6.07) is 5.87. The van der Waals surface area contributed by atoms with E-state index >= 15 is 0 Å². The molecule has 0 amide bonds. The minimum absolute atomic E-state index is 0.371. The average molecular weight is 292 g/mol. The van der Waals surface area contributed by atoms with Crippen LogP contribution in [0.3, 0.4) is 0 Å². The Kier molecular flexibility index (Phi) is 4.29. The van der Waals surface area contributed by atoms with Gasteiger partial charge in [0.2, 0.25) is 0 Å². The number of carboxylic acids is 1. The second kappa shape index (κ2) is 5.83. The van der Waals surface area contributed by atoms with Crippen LogP contribution in [0.5, 0.6) is 5.75 Å². The first kappa shape index (κ1) is 15.5. The van der Waals surface area contributed by atoms with Gasteiger partial charge >= 0.3 is 5.97 Å². The lowest BCUT2D eigenvalue weighted by atomic mass is 9.76. The summed E-state index contributed by atoms with van der Waals surface area (Å²) in [7, 11) is 1.54. The van der Waals surface area contributed by atoms with E-state index in [1.165, 1.54) is 0 Å². The van der Waals surface area contributed by atoms with Crippen molar-refractivity contribution in [3.8, 4) is 5.75 Å². The standard InChI is InChI=1S/C15H20N2O4/c1-15(7-8-17-15)13(18)11(14(19)20)12(16)9-3-5-10(21-2)6-4-9/h3-6,11-12,17H,7-8,16H2,1-2H3,(H,19,20)/t11-,12+,15?/m1/s1. The van der Waals surface area contributed by atoms with Gasteiger partial charge in [0.25, 0.3) is 0 Å². The topological polar surface area (TPSA) is 102 Å². The number of carbonyl (C=O) groups is 2. The molecule has 1 unspecified atom stereocenters. The molecule has 0 bridgehead atoms. The number of hydrogen-bond acceptors (Lipinski definition) is 5. The van der Waals surface area contributed by atoms with Crippen LogP contribution in [0.1, 0.15) is 24.9 Å². The molecule has 1 saturated heterocycles. The van der Waals surface area contributed by atoms with Gasteiger partial charge in [-0.1, -0.05) is 12.1 Å². The number of nitrogens with two attached hydrogens (primary N) is 1. The zero-order chi connectivity index (χ0) is 15.6. The van der Waals surface area contributed by atoms with Gasteiger partial charge < -0.3 is 20.9 Å². The van der Waals surface area contributed by atoms with Gasteiger partial charge in [-0.2, -0.15) is 0 Å². The maximum absolute atomic E-state index is 12.5. The highest BCUT2D eigenvalue weighted by atomic mass is 16.5. The fourth-order valence-electron chi connectivity index (χ4n) is 2.50. The van der Waals surface area contributed by atoms with Gasteiger partial charge in [-0.25, -0.2) is 0 Å². The Hall–Kier alpha value is -1.92. The van der Waals surface area contributed by atoms with Crippen LogP contribution in [-0.4, -0.2) is 36.1 Å². The predicted octanol–water partition coefficient (Wildman–Crippen LogP) is 0.717. The molecule has 1 aliphatic rings. The summed E-state index contributed by atoms with van der Waals surface area (Å²) in [5.74, 6) is -2.18. The monoisotopic (exact) mass is 292 g/mol. The Balaban J connectivity index is 2.24. The third-order valence-corrected chi connectivity index (χ3v) is 4.09. The first-order valence-corrected chi connectivity index (χ1v) is 6.81. The molecule has 21 heavy (non-hydrogen) atoms. The highest BCUT2D eigenvalue weighted by molar-refractivity contribution is 6.04. The quantitative estimate of drug-likeness (QED) is 0.668. The maximum atomic E-state index is 12.5. The number of nitrogens with one attached hydrogen (secondary N) is 1. The third kappa shape index (κ3) is 2.91. The zero-order valence-corrected chi connectivity index (χ0v) is 12.1. The second-order valence-corrected chi connectivity index (χ2v) is 5.49. The van der Waals surface area contributed by atoms with Crippen molar-refractivity contribution in [3.05, 3.63) is 29.8 Å². The van der Waals surface area contributed by atoms with Crippen molar-refractivity contribution in [3.63, 3.8) is 0 Å². The first-order chi connectivity index (χ1) is 9.89. The normalized spacial score (nSPS) is 23.8. The van der Waals surface area contributed by atoms with E-state index in [0.717, 1.165) is 0 Å². The molecule has 1 aliphatic heterocycles. The second-order valence-electron chi connectivity index (χ2n) is 5.49. The van der Waals surface area contributed by atoms with Gasteiger partial charge in [0, 0.05) is 0 Å². The van der Waals surface area contributed by atoms with Gasteiger partial charge in [-0.15, -0.1) is 0 Å². The molecule has 1 heterocycles. The van der Waals surface area contributed by atoms with Crippen molar-refractivity contribution in [2.75, 3.05) is 13.7 Å². The predicted molar refractivity (Wildman–Crippen MR) is 77.1 cm³/mol. The van der Waals surface area contributed by atoms with Crippen LogP contribution in [0.2, 0.25) is 0 Å². The molecule has 6 nitrogen and oxygen atoms in total. The van der Waals surface area contributed by atoms with E-state index in [1.54, 1.807) is 38.3 Å². The summed E-state index contributed by atoms with van der Waals surface area (Å²) in [6.45, 7) is 2.43. The molecule has 0 aromatic heterocycles. The van der Waals surface area contributed by atoms with Gasteiger partial charge in [0.05, 0.1) is 18.7 Å². The molecular weight excluding hydrogens is 272 g/mol. The number of ketones is 1. The summed E-state index contributed by atoms with van der Waals surface area (Å²) < 4.78 is 5.05. The average Bonchev–Trinajstić information content (AvgIpc) is 2.44. The minimum atomic E-state index is -1.27. The minimum Gasteiger partial charge on any atom is -0.497 e. The van der Waals surface area contributed by atoms with Crippen LogP contribution in [0, 0.1) is 5.92 Å². The smallest absolute Gasteiger partial charge is 0.316 e. The number of benzene rings is 1. The zero-order valence-electron chi connectivity index (χ0n) is 12.1. The van der Waals surface area contributed by atoms with Gasteiger partial charge in [-0.3, -0.25) is 9.59 Å². The number of rotatable bonds is 6. The molecule has 1 aromatic rings. The van der Waals surface area contributed by atoms with Crippen molar-refractivity contribution >= 4 is 11.8 Å². The van der Waals surface area contributed by atoms with Crippen LogP contribution in [0.4, 0.5) is 0 Å². The number of methoxy groups -OCH3 is 1. The molecule has 0 radical (unpaired) electrons. The molecule has 0 spiro atoms. The van der Waals surface area contributed by atoms with E-state index in [-0.39, 0.29) is 5.78 Å². The molecular formula is C15H20N2O4. The summed E-state index contributed by atoms with van der Waals surface area (Å²) in [6.07, 6.45) is 0.630. The number of carboxylic acid groups (broad SMARTS) is 1. The van der Waals surface area contributed by atoms with Crippen molar-refractivity contribution in [2.45, 2.75) is 24.9 Å². The van der Waals surface area contributed by atoms with Gasteiger partial charge in [-0.05, 0) is 37.6 Å². The van der Waals surface area contributed by atoms with Crippen molar-refractivity contribution < 1.29 is 19.4 Å². The van der Waals surface area contributed by atoms with Crippen LogP contribution in [0.25, 0.3) is 0 Å². The summed E-state index contributed by atoms with van der Waals surface area (Å²) in [4.78, 5) is 24.0. The van der Waals surface area contributed by atoms with Crippen LogP contribution < -0.4 is 15.8 Å². The van der Waals surface area contributed by atoms with E-state index in [2.05, 4.69) is 5.32 Å². The fraction of sp³-hybridized carbons (Fsp3) is 0.467. The van der Waals surface area contributed by atoms with Crippen molar-refractivity contribution in [1.82, 2.24) is 5.32 Å². The number of Topliss-reactive ketones (excluding diaryl/α,β-unsaturated/α-hetero) is 1. The lowest BCUT2D eigenvalue weighted by Gasteiger charge is -2.40. The summed E-state index contributed by atoms with van der Waals surface area (Å²) in [5, 5.41) is 12.4. The lowest BCUT2D eigenvalue weighted by molar-refractivity contribution is -0.150. The number of carbonyl (C=O) groups excluding carboxylic acids is 1. The molecule has 1 fully saturated rings. The van der Waals surface area contributed by atoms with E-state index in [4.69, 9.17) is 10.5 Å². The molecule has 6 heteroatoms. The summed E-state index contributed by atoms with van der Waals surface area (Å²) in [5.41, 5.74) is 5.85. The molecule has 114 valence electrons. The molecule has 2 rings (SSSR count). The van der Waals surface area contributed by atoms with E-state index in [0.29, 0.717) is 24.3 Å². The molecule has 4 N–H and O–H groups in total. The Labute approximate surface area is 123 Å². The number of ether oxygens (including phenoxy) is 1. The van der Waals surface area contributed by atoms with E-state index in [9.17, 15) is 14.7 Å². The molecule has 1 aromatic carbocycles. The highest BCUT2D eigenvalue weighted by Gasteiger charge is 2.47. The lowest BCUT2D eigenvalue weighted by Crippen LogP contribution is -2.63. The molecule has 0 saturated carbocycles. The van der Waals surface area contributed by atoms with E-state index < -0.39 is 23.5 Å². The van der Waals surface area contributed by atoms with Crippen LogP contribution in [0.15, 0.2) is 24.3 Å². The maximum Gasteiger partial charge on any atom is 0.316 e. The SMILES string of the molecule is COc1ccc([C@H](N)[C@@H](C(=O)O)C(=O)C2(C)CCN2)cc1. The van der Waals surface area contributed by atoms with Crippen molar-refractivity contribution in [1.29, 1.82) is 0 Å². The fourth-order valence-corrected chi connectivity index (χ4v) is 2.50.